The van der Waals surface area contributed by atoms with Gasteiger partial charge in [-0.15, -0.1) is 0 Å². The fourth-order valence-electron chi connectivity index (χ4n) is 2.40. The van der Waals surface area contributed by atoms with Crippen molar-refractivity contribution in [2.45, 2.75) is 80.4 Å². The molecule has 0 spiro atoms. The van der Waals surface area contributed by atoms with Crippen LogP contribution in [0.5, 0.6) is 0 Å². The summed E-state index contributed by atoms with van der Waals surface area (Å²) in [6.07, 6.45) is 0.621. The topological polar surface area (TPSA) is 52.6 Å². The number of ether oxygens (including phenoxy) is 2. The van der Waals surface area contributed by atoms with Gasteiger partial charge in [0.1, 0.15) is 0 Å². The summed E-state index contributed by atoms with van der Waals surface area (Å²) in [5, 5.41) is 0. The van der Waals surface area contributed by atoms with Crippen molar-refractivity contribution in [2.24, 2.45) is 10.8 Å². The molecule has 0 radical (unpaired) electrons. The van der Waals surface area contributed by atoms with Crippen LogP contribution in [0.1, 0.15) is 68.2 Å². The van der Waals surface area contributed by atoms with E-state index >= 15 is 0 Å². The van der Waals surface area contributed by atoms with Crippen LogP contribution in [-0.4, -0.2) is 24.1 Å². The standard InChI is InChI=1S/C16H30O4/c1-11(2)19-13(17)9-15(5,6)10-16(7,8)14(18)20-12(3)4/h11-12H,9-10H2,1-8H3. The second-order valence-electron chi connectivity index (χ2n) is 7.39. The van der Waals surface area contributed by atoms with Crippen molar-refractivity contribution >= 4 is 11.9 Å². The van der Waals surface area contributed by atoms with Crippen LogP contribution in [0.25, 0.3) is 0 Å². The fourth-order valence-corrected chi connectivity index (χ4v) is 2.40. The molecule has 0 saturated carbocycles. The number of carbonyl (C=O) groups is 2. The Bertz CT molecular complexity index is 340. The molecule has 4 heteroatoms. The highest BCUT2D eigenvalue weighted by molar-refractivity contribution is 5.76. The molecule has 0 N–H and O–H groups in total. The SMILES string of the molecule is CC(C)OC(=O)CC(C)(C)CC(C)(C)C(=O)OC(C)C. The monoisotopic (exact) mass is 286 g/mol. The Hall–Kier alpha value is -1.06. The van der Waals surface area contributed by atoms with Gasteiger partial charge < -0.3 is 9.47 Å². The molecule has 0 aliphatic rings. The van der Waals surface area contributed by atoms with Gasteiger partial charge in [-0.05, 0) is 53.4 Å². The Balaban J connectivity index is 4.64. The lowest BCUT2D eigenvalue weighted by molar-refractivity contribution is -0.161. The average molecular weight is 286 g/mol. The molecule has 0 aromatic heterocycles. The van der Waals surface area contributed by atoms with E-state index in [1.807, 2.05) is 55.4 Å². The predicted molar refractivity (Wildman–Crippen MR) is 79.3 cm³/mol. The number of rotatable bonds is 7. The molecular weight excluding hydrogens is 256 g/mol. The van der Waals surface area contributed by atoms with Crippen molar-refractivity contribution in [3.8, 4) is 0 Å². The van der Waals surface area contributed by atoms with E-state index < -0.39 is 5.41 Å². The van der Waals surface area contributed by atoms with Gasteiger partial charge in [-0.1, -0.05) is 13.8 Å². The van der Waals surface area contributed by atoms with Crippen LogP contribution in [-0.2, 0) is 19.1 Å². The van der Waals surface area contributed by atoms with E-state index in [9.17, 15) is 9.59 Å². The largest absolute Gasteiger partial charge is 0.463 e. The zero-order valence-corrected chi connectivity index (χ0v) is 14.2. The minimum Gasteiger partial charge on any atom is -0.463 e. The lowest BCUT2D eigenvalue weighted by Gasteiger charge is -2.33. The molecule has 0 saturated heterocycles. The van der Waals surface area contributed by atoms with E-state index in [0.717, 1.165) is 0 Å². The molecule has 0 fully saturated rings. The van der Waals surface area contributed by atoms with Crippen LogP contribution in [0.4, 0.5) is 0 Å². The highest BCUT2D eigenvalue weighted by atomic mass is 16.5. The van der Waals surface area contributed by atoms with Gasteiger partial charge in [0.15, 0.2) is 0 Å². The molecule has 0 heterocycles. The van der Waals surface area contributed by atoms with Gasteiger partial charge in [-0.25, -0.2) is 0 Å². The van der Waals surface area contributed by atoms with Crippen LogP contribution in [0.2, 0.25) is 0 Å². The van der Waals surface area contributed by atoms with Crippen LogP contribution in [0, 0.1) is 10.8 Å². The fraction of sp³-hybridized carbons (Fsp3) is 0.875. The third-order valence-corrected chi connectivity index (χ3v) is 2.81. The van der Waals surface area contributed by atoms with E-state index in [2.05, 4.69) is 0 Å². The summed E-state index contributed by atoms with van der Waals surface area (Å²) in [4.78, 5) is 23.8. The minimum absolute atomic E-state index is 0.114. The molecule has 0 aliphatic carbocycles. The van der Waals surface area contributed by atoms with Gasteiger partial charge in [0.2, 0.25) is 0 Å². The maximum atomic E-state index is 12.1. The van der Waals surface area contributed by atoms with Crippen molar-refractivity contribution in [1.29, 1.82) is 0 Å². The van der Waals surface area contributed by atoms with Crippen LogP contribution in [0.15, 0.2) is 0 Å². The first-order chi connectivity index (χ1) is 8.85. The molecule has 0 atom stereocenters. The highest BCUT2D eigenvalue weighted by Gasteiger charge is 2.37. The molecular formula is C16H30O4. The molecule has 118 valence electrons. The summed E-state index contributed by atoms with van der Waals surface area (Å²) in [5.74, 6) is -0.448. The van der Waals surface area contributed by atoms with Crippen molar-refractivity contribution in [3.05, 3.63) is 0 Å². The number of esters is 2. The Morgan fingerprint density at radius 1 is 0.900 bits per heavy atom. The molecule has 0 aromatic rings. The summed E-state index contributed by atoms with van der Waals surface area (Å²) in [6, 6.07) is 0. The van der Waals surface area contributed by atoms with Gasteiger partial charge in [-0.3, -0.25) is 9.59 Å². The third kappa shape index (κ3) is 7.51. The molecule has 0 amide bonds. The summed E-state index contributed by atoms with van der Waals surface area (Å²) in [5.41, 5.74) is -0.933. The first-order valence-corrected chi connectivity index (χ1v) is 7.26. The summed E-state index contributed by atoms with van der Waals surface area (Å²) < 4.78 is 10.4. The first kappa shape index (κ1) is 18.9. The average Bonchev–Trinajstić information content (AvgIpc) is 2.10. The van der Waals surface area contributed by atoms with Gasteiger partial charge in [0.25, 0.3) is 0 Å². The first-order valence-electron chi connectivity index (χ1n) is 7.26. The van der Waals surface area contributed by atoms with Crippen molar-refractivity contribution in [1.82, 2.24) is 0 Å². The Kier molecular flexibility index (Phi) is 6.72. The highest BCUT2D eigenvalue weighted by Crippen LogP contribution is 2.37. The Labute approximate surface area is 123 Å². The lowest BCUT2D eigenvalue weighted by atomic mass is 9.73. The molecule has 0 aromatic carbocycles. The molecule has 0 bridgehead atoms. The quantitative estimate of drug-likeness (QED) is 0.669. The molecule has 0 aliphatic heterocycles. The number of carbonyl (C=O) groups excluding carboxylic acids is 2. The summed E-state index contributed by atoms with van der Waals surface area (Å²) in [7, 11) is 0. The molecule has 0 rings (SSSR count). The van der Waals surface area contributed by atoms with Crippen molar-refractivity contribution in [2.75, 3.05) is 0 Å². The number of hydrogen-bond acceptors (Lipinski definition) is 4. The third-order valence-electron chi connectivity index (χ3n) is 2.81. The second kappa shape index (κ2) is 7.09. The lowest BCUT2D eigenvalue weighted by Crippen LogP contribution is -2.35. The molecule has 4 nitrogen and oxygen atoms in total. The number of hydrogen-bond donors (Lipinski definition) is 0. The van der Waals surface area contributed by atoms with Crippen LogP contribution < -0.4 is 0 Å². The Morgan fingerprint density at radius 2 is 1.35 bits per heavy atom. The second-order valence-corrected chi connectivity index (χ2v) is 7.39. The van der Waals surface area contributed by atoms with Crippen molar-refractivity contribution in [3.63, 3.8) is 0 Å². The minimum atomic E-state index is -0.619. The summed E-state index contributed by atoms with van der Waals surface area (Å²) >= 11 is 0. The zero-order chi connectivity index (χ0) is 16.1. The van der Waals surface area contributed by atoms with Gasteiger partial charge in [0, 0.05) is 0 Å². The molecule has 0 unspecified atom stereocenters. The van der Waals surface area contributed by atoms with Gasteiger partial charge in [-0.2, -0.15) is 0 Å². The molecule has 20 heavy (non-hydrogen) atoms. The normalized spacial score (nSPS) is 12.7. The Morgan fingerprint density at radius 3 is 1.75 bits per heavy atom. The van der Waals surface area contributed by atoms with Gasteiger partial charge >= 0.3 is 11.9 Å². The van der Waals surface area contributed by atoms with E-state index in [-0.39, 0.29) is 29.6 Å². The van der Waals surface area contributed by atoms with Crippen LogP contribution in [0.3, 0.4) is 0 Å². The smallest absolute Gasteiger partial charge is 0.311 e. The van der Waals surface area contributed by atoms with Crippen molar-refractivity contribution < 1.29 is 19.1 Å². The summed E-state index contributed by atoms with van der Waals surface area (Å²) in [6.45, 7) is 15.0. The predicted octanol–water partition coefficient (Wildman–Crippen LogP) is 3.72. The van der Waals surface area contributed by atoms with E-state index in [1.54, 1.807) is 0 Å². The maximum Gasteiger partial charge on any atom is 0.311 e. The van der Waals surface area contributed by atoms with Crippen LogP contribution >= 0.6 is 0 Å². The van der Waals surface area contributed by atoms with E-state index in [0.29, 0.717) is 12.8 Å². The van der Waals surface area contributed by atoms with E-state index in [1.165, 1.54) is 0 Å². The van der Waals surface area contributed by atoms with E-state index in [4.69, 9.17) is 9.47 Å². The zero-order valence-electron chi connectivity index (χ0n) is 14.2. The van der Waals surface area contributed by atoms with Gasteiger partial charge in [0.05, 0.1) is 24.0 Å². The maximum absolute atomic E-state index is 12.1.